The van der Waals surface area contributed by atoms with Gasteiger partial charge >= 0.3 is 0 Å². The van der Waals surface area contributed by atoms with E-state index < -0.39 is 0 Å². The Bertz CT molecular complexity index is 363. The van der Waals surface area contributed by atoms with Crippen LogP contribution in [0.1, 0.15) is 12.8 Å². The van der Waals surface area contributed by atoms with E-state index in [2.05, 4.69) is 10.1 Å². The molecular formula is C12H19N3O2. The molecule has 5 heteroatoms. The highest BCUT2D eigenvalue weighted by Crippen LogP contribution is 2.18. The summed E-state index contributed by atoms with van der Waals surface area (Å²) in [4.78, 5) is 2.12. The summed E-state index contributed by atoms with van der Waals surface area (Å²) < 4.78 is 5.10. The Kier molecular flexibility index (Phi) is 5.13. The monoisotopic (exact) mass is 237 g/mol. The predicted octanol–water partition coefficient (Wildman–Crippen LogP) is 1.66. The third kappa shape index (κ3) is 4.22. The molecule has 1 rings (SSSR count). The molecule has 0 unspecified atom stereocenters. The van der Waals surface area contributed by atoms with Crippen LogP contribution in [-0.4, -0.2) is 31.7 Å². The Labute approximate surface area is 101 Å². The van der Waals surface area contributed by atoms with Gasteiger partial charge < -0.3 is 20.6 Å². The van der Waals surface area contributed by atoms with Crippen molar-refractivity contribution in [3.8, 4) is 5.75 Å². The quantitative estimate of drug-likeness (QED) is 0.341. The number of oxime groups is 1. The molecule has 17 heavy (non-hydrogen) atoms. The van der Waals surface area contributed by atoms with Gasteiger partial charge in [0.25, 0.3) is 0 Å². The summed E-state index contributed by atoms with van der Waals surface area (Å²) >= 11 is 0. The van der Waals surface area contributed by atoms with Crippen molar-refractivity contribution in [1.82, 2.24) is 0 Å². The first-order valence-electron chi connectivity index (χ1n) is 5.49. The molecule has 3 N–H and O–H groups in total. The van der Waals surface area contributed by atoms with Gasteiger partial charge in [0.2, 0.25) is 0 Å². The normalized spacial score (nSPS) is 11.3. The van der Waals surface area contributed by atoms with Crippen molar-refractivity contribution < 1.29 is 9.94 Å². The predicted molar refractivity (Wildman–Crippen MR) is 68.9 cm³/mol. The lowest BCUT2D eigenvalue weighted by atomic mass is 10.2. The van der Waals surface area contributed by atoms with Crippen molar-refractivity contribution in [2.45, 2.75) is 12.8 Å². The number of methoxy groups -OCH3 is 1. The fourth-order valence-electron chi connectivity index (χ4n) is 1.51. The molecule has 0 amide bonds. The summed E-state index contributed by atoms with van der Waals surface area (Å²) in [6.45, 7) is 0.850. The zero-order valence-electron chi connectivity index (χ0n) is 10.3. The van der Waals surface area contributed by atoms with E-state index in [-0.39, 0.29) is 5.84 Å². The lowest BCUT2D eigenvalue weighted by Gasteiger charge is -2.19. The summed E-state index contributed by atoms with van der Waals surface area (Å²) in [6.07, 6.45) is 1.44. The molecule has 0 aromatic heterocycles. The lowest BCUT2D eigenvalue weighted by molar-refractivity contribution is 0.316. The van der Waals surface area contributed by atoms with Crippen LogP contribution in [0.3, 0.4) is 0 Å². The fourth-order valence-corrected chi connectivity index (χ4v) is 1.51. The molecule has 1 aromatic rings. The van der Waals surface area contributed by atoms with Crippen LogP contribution in [0, 0.1) is 0 Å². The Hall–Kier alpha value is -1.91. The van der Waals surface area contributed by atoms with E-state index in [1.807, 2.05) is 31.3 Å². The van der Waals surface area contributed by atoms with Gasteiger partial charge in [-0.2, -0.15) is 0 Å². The first-order valence-corrected chi connectivity index (χ1v) is 5.49. The lowest BCUT2D eigenvalue weighted by Crippen LogP contribution is -2.20. The van der Waals surface area contributed by atoms with Crippen LogP contribution in [0.15, 0.2) is 29.4 Å². The van der Waals surface area contributed by atoms with E-state index in [1.165, 1.54) is 0 Å². The fraction of sp³-hybridized carbons (Fsp3) is 0.417. The standard InChI is InChI=1S/C12H19N3O2/c1-15(9-3-4-12(13)14-16)10-5-7-11(17-2)8-6-10/h5-8,16H,3-4,9H2,1-2H3,(H2,13,14). The SMILES string of the molecule is COc1ccc(N(C)CCCC(N)=NO)cc1. The van der Waals surface area contributed by atoms with Gasteiger partial charge in [0.15, 0.2) is 0 Å². The average Bonchev–Trinajstić information content (AvgIpc) is 2.38. The molecule has 0 saturated carbocycles. The number of hydrogen-bond donors (Lipinski definition) is 2. The van der Waals surface area contributed by atoms with Crippen molar-refractivity contribution in [3.05, 3.63) is 24.3 Å². The highest BCUT2D eigenvalue weighted by atomic mass is 16.5. The minimum atomic E-state index is 0.271. The Morgan fingerprint density at radius 2 is 2.06 bits per heavy atom. The molecule has 0 bridgehead atoms. The topological polar surface area (TPSA) is 71.1 Å². The van der Waals surface area contributed by atoms with Gasteiger partial charge in [0.05, 0.1) is 7.11 Å². The second-order valence-electron chi connectivity index (χ2n) is 3.81. The van der Waals surface area contributed by atoms with Crippen LogP contribution in [0.25, 0.3) is 0 Å². The van der Waals surface area contributed by atoms with Crippen molar-refractivity contribution in [2.24, 2.45) is 10.9 Å². The molecule has 0 atom stereocenters. The summed E-state index contributed by atoms with van der Waals surface area (Å²) in [6, 6.07) is 7.86. The van der Waals surface area contributed by atoms with Crippen LogP contribution in [0.5, 0.6) is 5.75 Å². The number of nitrogens with two attached hydrogens (primary N) is 1. The largest absolute Gasteiger partial charge is 0.497 e. The van der Waals surface area contributed by atoms with Crippen LogP contribution >= 0.6 is 0 Å². The molecule has 0 heterocycles. The summed E-state index contributed by atoms with van der Waals surface area (Å²) in [7, 11) is 3.66. The van der Waals surface area contributed by atoms with E-state index in [1.54, 1.807) is 7.11 Å². The summed E-state index contributed by atoms with van der Waals surface area (Å²) in [5.41, 5.74) is 6.52. The number of ether oxygens (including phenoxy) is 1. The maximum atomic E-state index is 8.41. The third-order valence-corrected chi connectivity index (χ3v) is 2.57. The van der Waals surface area contributed by atoms with E-state index >= 15 is 0 Å². The van der Waals surface area contributed by atoms with E-state index in [9.17, 15) is 0 Å². The minimum Gasteiger partial charge on any atom is -0.497 e. The number of anilines is 1. The summed E-state index contributed by atoms with van der Waals surface area (Å²) in [5, 5.41) is 11.4. The highest BCUT2D eigenvalue weighted by Gasteiger charge is 2.01. The van der Waals surface area contributed by atoms with Crippen molar-refractivity contribution >= 4 is 11.5 Å². The van der Waals surface area contributed by atoms with Gasteiger partial charge in [-0.25, -0.2) is 0 Å². The molecule has 0 fully saturated rings. The molecule has 5 nitrogen and oxygen atoms in total. The molecule has 0 saturated heterocycles. The molecule has 0 spiro atoms. The smallest absolute Gasteiger partial charge is 0.139 e. The van der Waals surface area contributed by atoms with Gasteiger partial charge in [0, 0.05) is 25.7 Å². The van der Waals surface area contributed by atoms with Crippen LogP contribution < -0.4 is 15.4 Å². The number of nitrogens with zero attached hydrogens (tertiary/aromatic N) is 2. The number of benzene rings is 1. The number of amidine groups is 1. The minimum absolute atomic E-state index is 0.271. The van der Waals surface area contributed by atoms with Gasteiger partial charge in [-0.05, 0) is 30.7 Å². The van der Waals surface area contributed by atoms with Crippen LogP contribution in [-0.2, 0) is 0 Å². The maximum absolute atomic E-state index is 8.41. The first kappa shape index (κ1) is 13.2. The van der Waals surface area contributed by atoms with E-state index in [0.29, 0.717) is 6.42 Å². The molecular weight excluding hydrogens is 218 g/mol. The molecule has 0 aliphatic rings. The summed E-state index contributed by atoms with van der Waals surface area (Å²) in [5.74, 6) is 1.12. The van der Waals surface area contributed by atoms with Crippen molar-refractivity contribution in [2.75, 3.05) is 25.6 Å². The van der Waals surface area contributed by atoms with Crippen molar-refractivity contribution in [3.63, 3.8) is 0 Å². The molecule has 0 aliphatic carbocycles. The Morgan fingerprint density at radius 3 is 2.59 bits per heavy atom. The van der Waals surface area contributed by atoms with Crippen molar-refractivity contribution in [1.29, 1.82) is 0 Å². The molecule has 1 aromatic carbocycles. The Balaban J connectivity index is 2.43. The second-order valence-corrected chi connectivity index (χ2v) is 3.81. The van der Waals surface area contributed by atoms with Gasteiger partial charge in [0.1, 0.15) is 11.6 Å². The molecule has 0 radical (unpaired) electrons. The number of rotatable bonds is 6. The van der Waals surface area contributed by atoms with Crippen LogP contribution in [0.2, 0.25) is 0 Å². The second kappa shape index (κ2) is 6.62. The maximum Gasteiger partial charge on any atom is 0.139 e. The molecule has 94 valence electrons. The highest BCUT2D eigenvalue weighted by molar-refractivity contribution is 5.79. The average molecular weight is 237 g/mol. The van der Waals surface area contributed by atoms with Gasteiger partial charge in [-0.15, -0.1) is 0 Å². The zero-order valence-corrected chi connectivity index (χ0v) is 10.3. The van der Waals surface area contributed by atoms with E-state index in [4.69, 9.17) is 15.7 Å². The first-order chi connectivity index (χ1) is 8.17. The Morgan fingerprint density at radius 1 is 1.41 bits per heavy atom. The number of hydrogen-bond acceptors (Lipinski definition) is 4. The molecule has 0 aliphatic heterocycles. The van der Waals surface area contributed by atoms with E-state index in [0.717, 1.165) is 24.4 Å². The third-order valence-electron chi connectivity index (χ3n) is 2.57. The zero-order chi connectivity index (χ0) is 12.7. The van der Waals surface area contributed by atoms with Crippen LogP contribution in [0.4, 0.5) is 5.69 Å². The van der Waals surface area contributed by atoms with Gasteiger partial charge in [-0.3, -0.25) is 0 Å². The van der Waals surface area contributed by atoms with Gasteiger partial charge in [-0.1, -0.05) is 5.16 Å².